The Labute approximate surface area is 208 Å². The average molecular weight is 495 g/mol. The normalized spacial score (nSPS) is 16.8. The van der Waals surface area contributed by atoms with Crippen LogP contribution in [0.5, 0.6) is 17.2 Å². The van der Waals surface area contributed by atoms with E-state index in [0.29, 0.717) is 23.7 Å². The number of aryl methyl sites for hydroxylation is 6. The minimum absolute atomic E-state index is 0.172. The zero-order valence-electron chi connectivity index (χ0n) is 21.7. The summed E-state index contributed by atoms with van der Waals surface area (Å²) in [5.41, 5.74) is 8.63. The molecule has 6 heteroatoms. The summed E-state index contributed by atoms with van der Waals surface area (Å²) in [6.07, 6.45) is 1.36. The van der Waals surface area contributed by atoms with Gasteiger partial charge in [-0.05, 0) is 104 Å². The van der Waals surface area contributed by atoms with Crippen LogP contribution in [0.1, 0.15) is 65.1 Å². The lowest BCUT2D eigenvalue weighted by Gasteiger charge is -2.20. The number of phenolic OH excluding ortho intramolecular Hbond substituents is 1. The number of phosphoric ester groups is 1. The van der Waals surface area contributed by atoms with Gasteiger partial charge < -0.3 is 14.2 Å². The van der Waals surface area contributed by atoms with E-state index in [9.17, 15) is 9.67 Å². The van der Waals surface area contributed by atoms with Crippen molar-refractivity contribution in [2.75, 3.05) is 6.61 Å². The smallest absolute Gasteiger partial charge is 0.507 e. The number of phosphoric acid groups is 1. The van der Waals surface area contributed by atoms with Crippen molar-refractivity contribution in [2.24, 2.45) is 0 Å². The molecule has 1 unspecified atom stereocenters. The Bertz CT molecular complexity index is 1300. The Morgan fingerprint density at radius 2 is 1.40 bits per heavy atom. The van der Waals surface area contributed by atoms with Gasteiger partial charge in [0.2, 0.25) is 0 Å². The van der Waals surface area contributed by atoms with Gasteiger partial charge in [0.05, 0.1) is 6.61 Å². The molecule has 1 atom stereocenters. The summed E-state index contributed by atoms with van der Waals surface area (Å²) in [5, 5.41) is 10.0. The van der Waals surface area contributed by atoms with Crippen LogP contribution in [0, 0.1) is 34.6 Å². The first-order chi connectivity index (χ1) is 16.5. The number of benzene rings is 3. The molecular weight excluding hydrogens is 459 g/mol. The Hall–Kier alpha value is -2.75. The third-order valence-electron chi connectivity index (χ3n) is 6.41. The molecule has 4 rings (SSSR count). The molecule has 186 valence electrons. The van der Waals surface area contributed by atoms with E-state index in [4.69, 9.17) is 13.6 Å². The summed E-state index contributed by atoms with van der Waals surface area (Å²) in [6.45, 7) is 14.2. The molecule has 0 fully saturated rings. The van der Waals surface area contributed by atoms with E-state index < -0.39 is 7.82 Å². The molecule has 5 nitrogen and oxygen atoms in total. The molecule has 0 aromatic heterocycles. The Kier molecular flexibility index (Phi) is 7.04. The highest BCUT2D eigenvalue weighted by atomic mass is 31.2. The van der Waals surface area contributed by atoms with Crippen molar-refractivity contribution in [1.29, 1.82) is 0 Å². The van der Waals surface area contributed by atoms with Crippen molar-refractivity contribution < 1.29 is 23.2 Å². The predicted octanol–water partition coefficient (Wildman–Crippen LogP) is 8.25. The summed E-state index contributed by atoms with van der Waals surface area (Å²) in [7, 11) is -3.93. The third-order valence-corrected chi connectivity index (χ3v) is 7.72. The molecular formula is C29H35O5P. The summed E-state index contributed by atoms with van der Waals surface area (Å²) in [4.78, 5) is 0. The molecule has 3 aromatic carbocycles. The topological polar surface area (TPSA) is 65.0 Å². The van der Waals surface area contributed by atoms with Crippen molar-refractivity contribution >= 4 is 7.82 Å². The maximum atomic E-state index is 13.9. The van der Waals surface area contributed by atoms with Crippen LogP contribution >= 0.6 is 7.82 Å². The molecule has 0 amide bonds. The first-order valence-electron chi connectivity index (χ1n) is 12.2. The van der Waals surface area contributed by atoms with Crippen LogP contribution < -0.4 is 9.05 Å². The standard InChI is InChI=1S/C29H35O5P/c1-17(2)24-12-19(4)14-26-25-13-18(3)11-22(7)28(25)33-35(31,34-29(24)26)32-10-8-9-23-15-20(5)27(30)21(6)16-23/h11-17,30H,8-10H2,1-7H3. The predicted molar refractivity (Wildman–Crippen MR) is 141 cm³/mol. The van der Waals surface area contributed by atoms with Crippen LogP contribution in [0.15, 0.2) is 36.4 Å². The zero-order chi connectivity index (χ0) is 25.5. The molecule has 1 N–H and O–H groups in total. The van der Waals surface area contributed by atoms with E-state index in [1.54, 1.807) is 0 Å². The highest BCUT2D eigenvalue weighted by Gasteiger charge is 2.38. The molecule has 0 spiro atoms. The lowest BCUT2D eigenvalue weighted by molar-refractivity contribution is 0.208. The second-order valence-corrected chi connectivity index (χ2v) is 11.5. The average Bonchev–Trinajstić information content (AvgIpc) is 2.89. The largest absolute Gasteiger partial charge is 0.587 e. The molecule has 1 aliphatic rings. The van der Waals surface area contributed by atoms with Gasteiger partial charge in [-0.1, -0.05) is 38.1 Å². The van der Waals surface area contributed by atoms with Gasteiger partial charge in [0.25, 0.3) is 0 Å². The van der Waals surface area contributed by atoms with Crippen molar-refractivity contribution in [1.82, 2.24) is 0 Å². The lowest BCUT2D eigenvalue weighted by Crippen LogP contribution is -2.07. The van der Waals surface area contributed by atoms with Gasteiger partial charge in [-0.2, -0.15) is 0 Å². The molecule has 0 bridgehead atoms. The van der Waals surface area contributed by atoms with Gasteiger partial charge in [-0.15, -0.1) is 0 Å². The molecule has 0 aliphatic carbocycles. The van der Waals surface area contributed by atoms with E-state index in [1.807, 2.05) is 45.9 Å². The third kappa shape index (κ3) is 5.27. The maximum absolute atomic E-state index is 13.9. The van der Waals surface area contributed by atoms with Gasteiger partial charge in [-0.25, -0.2) is 4.57 Å². The number of phenols is 1. The molecule has 0 saturated carbocycles. The first-order valence-corrected chi connectivity index (χ1v) is 13.6. The fourth-order valence-corrected chi connectivity index (χ4v) is 6.13. The van der Waals surface area contributed by atoms with Gasteiger partial charge in [-0.3, -0.25) is 4.52 Å². The van der Waals surface area contributed by atoms with Crippen LogP contribution in [0.3, 0.4) is 0 Å². The Morgan fingerprint density at radius 1 is 0.829 bits per heavy atom. The number of hydrogen-bond acceptors (Lipinski definition) is 5. The minimum Gasteiger partial charge on any atom is -0.507 e. The van der Waals surface area contributed by atoms with Crippen LogP contribution in [-0.2, 0) is 15.5 Å². The van der Waals surface area contributed by atoms with Crippen molar-refractivity contribution in [2.45, 2.75) is 67.2 Å². The molecule has 3 aromatic rings. The lowest BCUT2D eigenvalue weighted by atomic mass is 9.91. The van der Waals surface area contributed by atoms with E-state index in [-0.39, 0.29) is 12.5 Å². The summed E-state index contributed by atoms with van der Waals surface area (Å²) in [5.74, 6) is 1.62. The maximum Gasteiger partial charge on any atom is 0.587 e. The van der Waals surface area contributed by atoms with Crippen molar-refractivity contribution in [3.63, 3.8) is 0 Å². The number of fused-ring (bicyclic) bond motifs is 3. The van der Waals surface area contributed by atoms with E-state index in [0.717, 1.165) is 56.5 Å². The SMILES string of the molecule is Cc1cc(C)c2c(c1)-c1cc(C)cc(C(C)C)c1OP(=O)(OCCCc1cc(C)c(O)c(C)c1)O2. The summed E-state index contributed by atoms with van der Waals surface area (Å²) < 4.78 is 32.0. The fraction of sp³-hybridized carbons (Fsp3) is 0.379. The van der Waals surface area contributed by atoms with Crippen molar-refractivity contribution in [3.05, 3.63) is 75.3 Å². The van der Waals surface area contributed by atoms with Crippen LogP contribution in [0.25, 0.3) is 11.1 Å². The van der Waals surface area contributed by atoms with E-state index >= 15 is 0 Å². The second-order valence-electron chi connectivity index (χ2n) is 9.99. The van der Waals surface area contributed by atoms with Gasteiger partial charge in [0.15, 0.2) is 0 Å². The quantitative estimate of drug-likeness (QED) is 0.276. The van der Waals surface area contributed by atoms with Crippen molar-refractivity contribution in [3.8, 4) is 28.4 Å². The van der Waals surface area contributed by atoms with Crippen LogP contribution in [-0.4, -0.2) is 11.7 Å². The summed E-state index contributed by atoms with van der Waals surface area (Å²) in [6, 6.07) is 12.2. The monoisotopic (exact) mass is 494 g/mol. The van der Waals surface area contributed by atoms with Crippen LogP contribution in [0.4, 0.5) is 0 Å². The van der Waals surface area contributed by atoms with Gasteiger partial charge >= 0.3 is 7.82 Å². The van der Waals surface area contributed by atoms with Crippen LogP contribution in [0.2, 0.25) is 0 Å². The van der Waals surface area contributed by atoms with E-state index in [1.165, 1.54) is 0 Å². The molecule has 1 heterocycles. The minimum atomic E-state index is -3.93. The number of aromatic hydroxyl groups is 1. The molecule has 35 heavy (non-hydrogen) atoms. The second kappa shape index (κ2) is 9.72. The zero-order valence-corrected chi connectivity index (χ0v) is 22.6. The van der Waals surface area contributed by atoms with Gasteiger partial charge in [0.1, 0.15) is 17.2 Å². The summed E-state index contributed by atoms with van der Waals surface area (Å²) >= 11 is 0. The Balaban J connectivity index is 1.65. The number of hydrogen-bond donors (Lipinski definition) is 1. The highest BCUT2D eigenvalue weighted by molar-refractivity contribution is 7.49. The first kappa shape index (κ1) is 25.3. The molecule has 0 saturated heterocycles. The van der Waals surface area contributed by atoms with E-state index in [2.05, 4.69) is 39.0 Å². The molecule has 0 radical (unpaired) electrons. The Morgan fingerprint density at radius 3 is 2.03 bits per heavy atom. The number of rotatable bonds is 6. The molecule has 1 aliphatic heterocycles. The fourth-order valence-electron chi connectivity index (χ4n) is 4.75. The highest BCUT2D eigenvalue weighted by Crippen LogP contribution is 2.59. The van der Waals surface area contributed by atoms with Gasteiger partial charge in [0, 0.05) is 11.1 Å².